The fourth-order valence-electron chi connectivity index (χ4n) is 3.58. The van der Waals surface area contributed by atoms with Crippen LogP contribution in [0, 0.1) is 19.8 Å². The van der Waals surface area contributed by atoms with Crippen molar-refractivity contribution in [3.8, 4) is 0 Å². The lowest BCUT2D eigenvalue weighted by Crippen LogP contribution is -2.50. The topological polar surface area (TPSA) is 167 Å². The van der Waals surface area contributed by atoms with E-state index in [2.05, 4.69) is 33.0 Å². The summed E-state index contributed by atoms with van der Waals surface area (Å²) in [7, 11) is -8.04. The lowest BCUT2D eigenvalue weighted by Gasteiger charge is -2.29. The molecule has 0 aromatic heterocycles. The molecule has 0 fully saturated rings. The third kappa shape index (κ3) is 17.3. The molecule has 9 nitrogen and oxygen atoms in total. The van der Waals surface area contributed by atoms with Crippen molar-refractivity contribution in [2.45, 2.75) is 75.4 Å². The molecule has 246 valence electrons. The van der Waals surface area contributed by atoms with E-state index in [1.165, 1.54) is 35.6 Å². The molecule has 0 aliphatic carbocycles. The summed E-state index contributed by atoms with van der Waals surface area (Å²) in [6.45, 7) is 13.0. The minimum atomic E-state index is -4.02. The van der Waals surface area contributed by atoms with Crippen LogP contribution in [-0.2, 0) is 26.7 Å². The summed E-state index contributed by atoms with van der Waals surface area (Å²) in [6, 6.07) is 21.8. The van der Waals surface area contributed by atoms with Gasteiger partial charge in [0.2, 0.25) is 0 Å². The molecule has 0 saturated carbocycles. The van der Waals surface area contributed by atoms with E-state index < -0.39 is 26.3 Å². The molecule has 6 N–H and O–H groups in total. The Morgan fingerprint density at radius 3 is 1.61 bits per heavy atom. The SMILES string of the molecule is CC(C)CSCC(C)(C)NC[C@@H](O)[C@@H](N)Cc1ccccc1.Cc1ccc(S(=O)(=O)O)cc1.Cc1ccc(S(=O)(=O)O)cc1. The zero-order valence-electron chi connectivity index (χ0n) is 26.3. The summed E-state index contributed by atoms with van der Waals surface area (Å²) >= 11 is 1.96. The minimum absolute atomic E-state index is 0.00695. The van der Waals surface area contributed by atoms with Crippen LogP contribution in [0.5, 0.6) is 0 Å². The van der Waals surface area contributed by atoms with Gasteiger partial charge in [-0.25, -0.2) is 0 Å². The molecule has 2 atom stereocenters. The standard InChI is InChI=1S/C18H32N2OS.2C7H8O3S/c1-14(2)12-22-13-18(3,4)20-11-17(21)16(19)10-15-8-6-5-7-9-15;2*1-6-2-4-7(5-3-6)11(8,9)10/h5-9,14,16-17,20-21H,10-13,19H2,1-4H3;2*2-5H,1H3,(H,8,9,10)/t16-,17+;;/m0../s1. The molecule has 0 aliphatic heterocycles. The maximum Gasteiger partial charge on any atom is 0.294 e. The number of aryl methyl sites for hydroxylation is 2. The number of hydrogen-bond acceptors (Lipinski definition) is 8. The summed E-state index contributed by atoms with van der Waals surface area (Å²) in [6.07, 6.45) is 0.168. The van der Waals surface area contributed by atoms with E-state index in [-0.39, 0.29) is 21.4 Å². The van der Waals surface area contributed by atoms with Crippen molar-refractivity contribution in [2.24, 2.45) is 11.7 Å². The first-order valence-corrected chi connectivity index (χ1v) is 18.2. The maximum absolute atomic E-state index is 10.5. The molecule has 0 aliphatic rings. The molecule has 0 unspecified atom stereocenters. The number of benzene rings is 3. The van der Waals surface area contributed by atoms with Gasteiger partial charge in [0, 0.05) is 23.9 Å². The van der Waals surface area contributed by atoms with E-state index in [1.54, 1.807) is 24.3 Å². The molecule has 0 spiro atoms. The average Bonchev–Trinajstić information content (AvgIpc) is 2.92. The van der Waals surface area contributed by atoms with E-state index >= 15 is 0 Å². The zero-order chi connectivity index (χ0) is 33.6. The number of β-amino-alcohol motifs (C(OH)–C–C–N with tert-alkyl or cyclic N) is 1. The highest BCUT2D eigenvalue weighted by Crippen LogP contribution is 2.16. The van der Waals surface area contributed by atoms with Crippen LogP contribution < -0.4 is 11.1 Å². The van der Waals surface area contributed by atoms with Crippen molar-refractivity contribution < 1.29 is 31.0 Å². The van der Waals surface area contributed by atoms with E-state index in [0.29, 0.717) is 18.9 Å². The lowest BCUT2D eigenvalue weighted by atomic mass is 10.0. The van der Waals surface area contributed by atoms with Crippen LogP contribution in [0.25, 0.3) is 0 Å². The largest absolute Gasteiger partial charge is 0.390 e. The van der Waals surface area contributed by atoms with Gasteiger partial charge in [-0.15, -0.1) is 0 Å². The van der Waals surface area contributed by atoms with Crippen LogP contribution in [0.2, 0.25) is 0 Å². The second kappa shape index (κ2) is 18.6. The van der Waals surface area contributed by atoms with Crippen LogP contribution in [0.3, 0.4) is 0 Å². The van der Waals surface area contributed by atoms with Gasteiger partial charge in [0.05, 0.1) is 15.9 Å². The van der Waals surface area contributed by atoms with Gasteiger partial charge in [0.25, 0.3) is 20.2 Å². The predicted octanol–water partition coefficient (Wildman–Crippen LogP) is 5.16. The number of hydrogen-bond donors (Lipinski definition) is 5. The van der Waals surface area contributed by atoms with Crippen molar-refractivity contribution in [1.82, 2.24) is 5.32 Å². The van der Waals surface area contributed by atoms with Gasteiger partial charge in [0.15, 0.2) is 0 Å². The Bertz CT molecular complexity index is 1370. The Morgan fingerprint density at radius 2 is 1.23 bits per heavy atom. The van der Waals surface area contributed by atoms with Crippen LogP contribution in [0.15, 0.2) is 88.7 Å². The third-order valence-electron chi connectivity index (χ3n) is 6.15. The van der Waals surface area contributed by atoms with Crippen LogP contribution >= 0.6 is 11.8 Å². The quantitative estimate of drug-likeness (QED) is 0.163. The van der Waals surface area contributed by atoms with Crippen LogP contribution in [-0.4, -0.2) is 66.8 Å². The van der Waals surface area contributed by atoms with E-state index in [9.17, 15) is 21.9 Å². The minimum Gasteiger partial charge on any atom is -0.390 e. The molecule has 0 heterocycles. The molecule has 0 amide bonds. The average molecular weight is 669 g/mol. The van der Waals surface area contributed by atoms with Gasteiger partial charge in [0.1, 0.15) is 0 Å². The first kappa shape index (κ1) is 39.7. The van der Waals surface area contributed by atoms with Gasteiger partial charge in [-0.1, -0.05) is 79.6 Å². The number of rotatable bonds is 12. The molecule has 3 rings (SSSR count). The van der Waals surface area contributed by atoms with Crippen LogP contribution in [0.1, 0.15) is 44.4 Å². The highest BCUT2D eigenvalue weighted by atomic mass is 32.2. The number of nitrogens with one attached hydrogen (secondary N) is 1. The first-order valence-electron chi connectivity index (χ1n) is 14.2. The first-order chi connectivity index (χ1) is 20.3. The van der Waals surface area contributed by atoms with Crippen molar-refractivity contribution in [1.29, 1.82) is 0 Å². The highest BCUT2D eigenvalue weighted by molar-refractivity contribution is 7.99. The Labute approximate surface area is 268 Å². The summed E-state index contributed by atoms with van der Waals surface area (Å²) in [5.74, 6) is 2.91. The maximum atomic E-state index is 10.5. The van der Waals surface area contributed by atoms with Gasteiger partial charge >= 0.3 is 0 Å². The van der Waals surface area contributed by atoms with Gasteiger partial charge in [-0.3, -0.25) is 9.11 Å². The van der Waals surface area contributed by atoms with Crippen molar-refractivity contribution >= 4 is 32.0 Å². The fraction of sp³-hybridized carbons (Fsp3) is 0.438. The Morgan fingerprint density at radius 1 is 0.795 bits per heavy atom. The Balaban J connectivity index is 0.000000367. The summed E-state index contributed by atoms with van der Waals surface area (Å²) < 4.78 is 59.1. The Kier molecular flexibility index (Phi) is 16.8. The molecule has 12 heteroatoms. The van der Waals surface area contributed by atoms with Crippen molar-refractivity contribution in [3.05, 3.63) is 95.6 Å². The lowest BCUT2D eigenvalue weighted by molar-refractivity contribution is 0.133. The summed E-state index contributed by atoms with van der Waals surface area (Å²) in [5.41, 5.74) is 9.21. The van der Waals surface area contributed by atoms with E-state index in [4.69, 9.17) is 14.8 Å². The smallest absolute Gasteiger partial charge is 0.294 e. The molecular formula is C32H48N2O7S3. The van der Waals surface area contributed by atoms with Gasteiger partial charge in [-0.2, -0.15) is 28.6 Å². The van der Waals surface area contributed by atoms with Crippen molar-refractivity contribution in [3.63, 3.8) is 0 Å². The van der Waals surface area contributed by atoms with Gasteiger partial charge in [-0.05, 0) is 75.6 Å². The van der Waals surface area contributed by atoms with Gasteiger partial charge < -0.3 is 16.2 Å². The number of aliphatic hydroxyl groups excluding tert-OH is 1. The zero-order valence-corrected chi connectivity index (χ0v) is 28.8. The molecule has 3 aromatic carbocycles. The fourth-order valence-corrected chi connectivity index (χ4v) is 5.74. The Hall–Kier alpha value is -2.29. The molecular weight excluding hydrogens is 621 g/mol. The summed E-state index contributed by atoms with van der Waals surface area (Å²) in [5, 5.41) is 13.7. The van der Waals surface area contributed by atoms with Crippen molar-refractivity contribution in [2.75, 3.05) is 18.1 Å². The van der Waals surface area contributed by atoms with E-state index in [1.807, 2.05) is 55.9 Å². The molecule has 0 bridgehead atoms. The van der Waals surface area contributed by atoms with Crippen LogP contribution in [0.4, 0.5) is 0 Å². The monoisotopic (exact) mass is 668 g/mol. The normalized spacial score (nSPS) is 13.2. The highest BCUT2D eigenvalue weighted by Gasteiger charge is 2.21. The third-order valence-corrected chi connectivity index (χ3v) is 9.71. The molecule has 0 radical (unpaired) electrons. The van der Waals surface area contributed by atoms with E-state index in [0.717, 1.165) is 16.9 Å². The molecule has 3 aromatic rings. The summed E-state index contributed by atoms with van der Waals surface area (Å²) in [4.78, 5) is -0.133. The number of aliphatic hydroxyl groups is 1. The number of thioether (sulfide) groups is 1. The molecule has 0 saturated heterocycles. The second-order valence-corrected chi connectivity index (χ2v) is 15.5. The second-order valence-electron chi connectivity index (χ2n) is 11.7. The number of nitrogens with two attached hydrogens (primary N) is 1. The predicted molar refractivity (Wildman–Crippen MR) is 180 cm³/mol. The molecule has 44 heavy (non-hydrogen) atoms.